The average molecular weight is 433 g/mol. The Morgan fingerprint density at radius 1 is 1.14 bits per heavy atom. The number of benzene rings is 1. The highest BCUT2D eigenvalue weighted by Crippen LogP contribution is 2.36. The predicted molar refractivity (Wildman–Crippen MR) is 116 cm³/mol. The fourth-order valence-electron chi connectivity index (χ4n) is 4.58. The van der Waals surface area contributed by atoms with Crippen LogP contribution in [0.2, 0.25) is 0 Å². The molecule has 1 saturated heterocycles. The second kappa shape index (κ2) is 8.20. The van der Waals surface area contributed by atoms with Gasteiger partial charge in [0.15, 0.2) is 0 Å². The van der Waals surface area contributed by atoms with Crippen LogP contribution in [0.5, 0.6) is 0 Å². The van der Waals surface area contributed by atoms with Crippen molar-refractivity contribution in [3.05, 3.63) is 51.7 Å². The lowest BCUT2D eigenvalue weighted by Crippen LogP contribution is -2.42. The minimum absolute atomic E-state index is 0.0218. The first-order valence-electron chi connectivity index (χ1n) is 10.4. The second-order valence-electron chi connectivity index (χ2n) is 7.96. The molecule has 7 heteroatoms. The Bertz CT molecular complexity index is 982. The van der Waals surface area contributed by atoms with Gasteiger partial charge in [0.1, 0.15) is 0 Å². The molecule has 2 atom stereocenters. The summed E-state index contributed by atoms with van der Waals surface area (Å²) in [5.41, 5.74) is 1.81. The van der Waals surface area contributed by atoms with Gasteiger partial charge in [-0.1, -0.05) is 13.3 Å². The molecule has 3 heterocycles. The largest absolute Gasteiger partial charge is 0.331 e. The number of hydrogen-bond donors (Lipinski definition) is 0. The maximum Gasteiger partial charge on any atom is 0.254 e. The van der Waals surface area contributed by atoms with Gasteiger partial charge in [-0.2, -0.15) is 4.31 Å². The molecule has 1 aromatic heterocycles. The normalized spacial score (nSPS) is 23.0. The van der Waals surface area contributed by atoms with Gasteiger partial charge in [-0.15, -0.1) is 11.3 Å². The van der Waals surface area contributed by atoms with E-state index in [1.54, 1.807) is 39.9 Å². The molecular weight excluding hydrogens is 404 g/mol. The standard InChI is InChI=1S/C22H28N2O3S2/c1-3-20-19-12-15-28-21(19)11-14-23(20)22(25)17-7-9-18(10-8-17)29(26,27)24-13-5-4-6-16(24)2/h7-10,12,15-16,20H,3-6,11,13-14H2,1-2H3. The van der Waals surface area contributed by atoms with Gasteiger partial charge in [0.2, 0.25) is 10.0 Å². The molecule has 5 nitrogen and oxygen atoms in total. The van der Waals surface area contributed by atoms with E-state index in [1.165, 1.54) is 10.4 Å². The number of fused-ring (bicyclic) bond motifs is 1. The maximum absolute atomic E-state index is 13.2. The third-order valence-corrected chi connectivity index (χ3v) is 9.22. The molecular formula is C22H28N2O3S2. The zero-order chi connectivity index (χ0) is 20.6. The van der Waals surface area contributed by atoms with Crippen LogP contribution in [0.3, 0.4) is 0 Å². The van der Waals surface area contributed by atoms with Gasteiger partial charge in [0, 0.05) is 29.6 Å². The molecule has 0 aliphatic carbocycles. The monoisotopic (exact) mass is 432 g/mol. The Kier molecular flexibility index (Phi) is 5.82. The van der Waals surface area contributed by atoms with Crippen molar-refractivity contribution in [1.82, 2.24) is 9.21 Å². The van der Waals surface area contributed by atoms with E-state index < -0.39 is 10.0 Å². The topological polar surface area (TPSA) is 57.7 Å². The molecule has 0 saturated carbocycles. The number of rotatable bonds is 4. The van der Waals surface area contributed by atoms with Gasteiger partial charge >= 0.3 is 0 Å². The molecule has 2 aliphatic rings. The van der Waals surface area contributed by atoms with Crippen LogP contribution >= 0.6 is 11.3 Å². The molecule has 4 rings (SSSR count). The predicted octanol–water partition coefficient (Wildman–Crippen LogP) is 4.46. The summed E-state index contributed by atoms with van der Waals surface area (Å²) in [4.78, 5) is 16.8. The van der Waals surface area contributed by atoms with E-state index in [0.717, 1.165) is 32.1 Å². The van der Waals surface area contributed by atoms with Gasteiger partial charge < -0.3 is 4.90 Å². The summed E-state index contributed by atoms with van der Waals surface area (Å²) in [5.74, 6) is -0.0241. The van der Waals surface area contributed by atoms with E-state index in [1.807, 2.05) is 11.8 Å². The molecule has 0 radical (unpaired) electrons. The smallest absolute Gasteiger partial charge is 0.254 e. The molecule has 2 aliphatic heterocycles. The molecule has 1 aromatic carbocycles. The van der Waals surface area contributed by atoms with Crippen molar-refractivity contribution in [3.63, 3.8) is 0 Å². The number of piperidine rings is 1. The van der Waals surface area contributed by atoms with Crippen molar-refractivity contribution in [3.8, 4) is 0 Å². The fraction of sp³-hybridized carbons (Fsp3) is 0.500. The number of carbonyl (C=O) groups is 1. The van der Waals surface area contributed by atoms with Gasteiger partial charge in [-0.3, -0.25) is 4.79 Å². The SMILES string of the molecule is CCC1c2ccsc2CCN1C(=O)c1ccc(S(=O)(=O)N2CCCCC2C)cc1. The summed E-state index contributed by atoms with van der Waals surface area (Å²) in [6, 6.07) is 8.75. The van der Waals surface area contributed by atoms with Crippen molar-refractivity contribution in [2.75, 3.05) is 13.1 Å². The molecule has 1 amide bonds. The molecule has 0 spiro atoms. The van der Waals surface area contributed by atoms with Crippen molar-refractivity contribution >= 4 is 27.3 Å². The minimum atomic E-state index is -3.52. The number of sulfonamides is 1. The van der Waals surface area contributed by atoms with Crippen molar-refractivity contribution in [1.29, 1.82) is 0 Å². The fourth-order valence-corrected chi connectivity index (χ4v) is 7.21. The molecule has 0 bridgehead atoms. The summed E-state index contributed by atoms with van der Waals surface area (Å²) >= 11 is 1.76. The Labute approximate surface area is 177 Å². The Morgan fingerprint density at radius 3 is 2.59 bits per heavy atom. The molecule has 2 unspecified atom stereocenters. The Hall–Kier alpha value is -1.70. The number of thiophene rings is 1. The number of hydrogen-bond acceptors (Lipinski definition) is 4. The first-order valence-corrected chi connectivity index (χ1v) is 12.7. The lowest BCUT2D eigenvalue weighted by Gasteiger charge is -2.35. The highest BCUT2D eigenvalue weighted by Gasteiger charge is 2.33. The summed E-state index contributed by atoms with van der Waals surface area (Å²) in [7, 11) is -3.52. The van der Waals surface area contributed by atoms with Crippen LogP contribution in [0, 0.1) is 0 Å². The van der Waals surface area contributed by atoms with Crippen molar-refractivity contribution in [2.24, 2.45) is 0 Å². The summed E-state index contributed by atoms with van der Waals surface area (Å²) in [6.45, 7) is 5.34. The number of nitrogens with zero attached hydrogens (tertiary/aromatic N) is 2. The van der Waals surface area contributed by atoms with Gasteiger partial charge in [-0.05, 0) is 73.9 Å². The quantitative estimate of drug-likeness (QED) is 0.717. The van der Waals surface area contributed by atoms with Crippen LogP contribution in [0.25, 0.3) is 0 Å². The van der Waals surface area contributed by atoms with E-state index >= 15 is 0 Å². The van der Waals surface area contributed by atoms with Crippen molar-refractivity contribution < 1.29 is 13.2 Å². The average Bonchev–Trinajstić information content (AvgIpc) is 3.21. The summed E-state index contributed by atoms with van der Waals surface area (Å²) in [5, 5.41) is 2.10. The summed E-state index contributed by atoms with van der Waals surface area (Å²) in [6.07, 6.45) is 4.62. The van der Waals surface area contributed by atoms with Crippen LogP contribution in [-0.2, 0) is 16.4 Å². The molecule has 156 valence electrons. The highest BCUT2D eigenvalue weighted by molar-refractivity contribution is 7.89. The first-order chi connectivity index (χ1) is 13.9. The van der Waals surface area contributed by atoms with E-state index in [4.69, 9.17) is 0 Å². The van der Waals surface area contributed by atoms with Crippen molar-refractivity contribution in [2.45, 2.75) is 62.9 Å². The first kappa shape index (κ1) is 20.6. The second-order valence-corrected chi connectivity index (χ2v) is 10.8. The summed E-state index contributed by atoms with van der Waals surface area (Å²) < 4.78 is 27.6. The molecule has 0 N–H and O–H groups in total. The highest BCUT2D eigenvalue weighted by atomic mass is 32.2. The maximum atomic E-state index is 13.2. The number of amides is 1. The van der Waals surface area contributed by atoms with E-state index in [0.29, 0.717) is 18.7 Å². The van der Waals surface area contributed by atoms with Crippen LogP contribution in [0.15, 0.2) is 40.6 Å². The van der Waals surface area contributed by atoms with Gasteiger partial charge in [0.05, 0.1) is 10.9 Å². The van der Waals surface area contributed by atoms with E-state index in [-0.39, 0.29) is 22.9 Å². The van der Waals surface area contributed by atoms with E-state index in [2.05, 4.69) is 18.4 Å². The van der Waals surface area contributed by atoms with Crippen LogP contribution in [-0.4, -0.2) is 42.7 Å². The van der Waals surface area contributed by atoms with E-state index in [9.17, 15) is 13.2 Å². The number of carbonyl (C=O) groups excluding carboxylic acids is 1. The van der Waals surface area contributed by atoms with Gasteiger partial charge in [-0.25, -0.2) is 8.42 Å². The van der Waals surface area contributed by atoms with Crippen LogP contribution in [0.1, 0.15) is 66.4 Å². The molecule has 1 fully saturated rings. The lowest BCUT2D eigenvalue weighted by atomic mass is 9.97. The van der Waals surface area contributed by atoms with Crippen LogP contribution in [0.4, 0.5) is 0 Å². The zero-order valence-electron chi connectivity index (χ0n) is 17.0. The van der Waals surface area contributed by atoms with Gasteiger partial charge in [0.25, 0.3) is 5.91 Å². The Morgan fingerprint density at radius 2 is 1.90 bits per heavy atom. The van der Waals surface area contributed by atoms with Crippen LogP contribution < -0.4 is 0 Å². The zero-order valence-corrected chi connectivity index (χ0v) is 18.6. The molecule has 2 aromatic rings. The third-order valence-electron chi connectivity index (χ3n) is 6.19. The minimum Gasteiger partial charge on any atom is -0.331 e. The molecule has 29 heavy (non-hydrogen) atoms. The third kappa shape index (κ3) is 3.76. The lowest BCUT2D eigenvalue weighted by molar-refractivity contribution is 0.0657. The Balaban J connectivity index is 1.56.